The number of para-hydroxylation sites is 1. The van der Waals surface area contributed by atoms with Gasteiger partial charge in [0, 0.05) is 18.4 Å². The van der Waals surface area contributed by atoms with Gasteiger partial charge in [-0.05, 0) is 37.1 Å². The van der Waals surface area contributed by atoms with E-state index in [-0.39, 0.29) is 6.61 Å². The van der Waals surface area contributed by atoms with Crippen LogP contribution in [0.2, 0.25) is 0 Å². The fourth-order valence-corrected chi connectivity index (χ4v) is 1.84. The van der Waals surface area contributed by atoms with Crippen molar-refractivity contribution >= 4 is 0 Å². The Balaban J connectivity index is 2.31. The first-order valence-electron chi connectivity index (χ1n) is 6.22. The van der Waals surface area contributed by atoms with E-state index in [9.17, 15) is 5.11 Å². The van der Waals surface area contributed by atoms with E-state index in [1.807, 2.05) is 24.3 Å². The maximum absolute atomic E-state index is 9.70. The van der Waals surface area contributed by atoms with Crippen LogP contribution in [-0.4, -0.2) is 21.8 Å². The van der Waals surface area contributed by atoms with E-state index in [2.05, 4.69) is 4.98 Å². The third-order valence-corrected chi connectivity index (χ3v) is 2.81. The van der Waals surface area contributed by atoms with Crippen LogP contribution in [0.4, 0.5) is 0 Å². The lowest BCUT2D eigenvalue weighted by Crippen LogP contribution is -2.00. The van der Waals surface area contributed by atoms with Crippen LogP contribution in [0.3, 0.4) is 0 Å². The first-order chi connectivity index (χ1) is 9.22. The number of nitrogens with zero attached hydrogens (tertiary/aromatic N) is 1. The molecule has 1 aromatic heterocycles. The standard InChI is InChI=1S/C15H17NO3/c1-11(18)13-6-4-9-16-15(13)19-14-7-3-2-5-12(14)8-10-17/h2-7,9,11,17-18H,8,10H2,1H3/t11-/m1/s1. The quantitative estimate of drug-likeness (QED) is 0.865. The number of aliphatic hydroxyl groups is 2. The average molecular weight is 259 g/mol. The SMILES string of the molecule is C[C@@H](O)c1cccnc1Oc1ccccc1CCO. The molecule has 2 N–H and O–H groups in total. The summed E-state index contributed by atoms with van der Waals surface area (Å²) in [4.78, 5) is 4.15. The van der Waals surface area contributed by atoms with Gasteiger partial charge in [-0.15, -0.1) is 0 Å². The Kier molecular flexibility index (Phi) is 4.49. The summed E-state index contributed by atoms with van der Waals surface area (Å²) < 4.78 is 5.77. The summed E-state index contributed by atoms with van der Waals surface area (Å²) in [5.41, 5.74) is 1.55. The van der Waals surface area contributed by atoms with Crippen molar-refractivity contribution in [1.29, 1.82) is 0 Å². The van der Waals surface area contributed by atoms with Crippen LogP contribution >= 0.6 is 0 Å². The molecule has 0 saturated carbocycles. The zero-order valence-electron chi connectivity index (χ0n) is 10.8. The summed E-state index contributed by atoms with van der Waals surface area (Å²) in [5.74, 6) is 1.04. The molecular formula is C15H17NO3. The normalized spacial score (nSPS) is 12.2. The molecule has 2 aromatic rings. The fourth-order valence-electron chi connectivity index (χ4n) is 1.84. The van der Waals surface area contributed by atoms with Crippen LogP contribution in [0.15, 0.2) is 42.6 Å². The minimum absolute atomic E-state index is 0.0614. The van der Waals surface area contributed by atoms with Crippen LogP contribution < -0.4 is 4.74 Å². The van der Waals surface area contributed by atoms with Crippen molar-refractivity contribution in [2.24, 2.45) is 0 Å². The molecule has 0 radical (unpaired) electrons. The number of ether oxygens (including phenoxy) is 1. The van der Waals surface area contributed by atoms with Crippen molar-refractivity contribution in [3.05, 3.63) is 53.7 Å². The van der Waals surface area contributed by atoms with E-state index in [4.69, 9.17) is 9.84 Å². The molecule has 100 valence electrons. The molecule has 0 bridgehead atoms. The highest BCUT2D eigenvalue weighted by Crippen LogP contribution is 2.29. The van der Waals surface area contributed by atoms with Gasteiger partial charge in [0.1, 0.15) is 5.75 Å². The Labute approximate surface area is 112 Å². The topological polar surface area (TPSA) is 62.6 Å². The van der Waals surface area contributed by atoms with Crippen LogP contribution in [0.1, 0.15) is 24.2 Å². The maximum atomic E-state index is 9.70. The maximum Gasteiger partial charge on any atom is 0.225 e. The van der Waals surface area contributed by atoms with Crippen molar-refractivity contribution in [3.8, 4) is 11.6 Å². The van der Waals surface area contributed by atoms with E-state index in [1.165, 1.54) is 0 Å². The van der Waals surface area contributed by atoms with Gasteiger partial charge < -0.3 is 14.9 Å². The number of pyridine rings is 1. The van der Waals surface area contributed by atoms with Crippen LogP contribution in [0.5, 0.6) is 11.6 Å². The zero-order chi connectivity index (χ0) is 13.7. The van der Waals surface area contributed by atoms with Gasteiger partial charge in [-0.3, -0.25) is 0 Å². The highest BCUT2D eigenvalue weighted by atomic mass is 16.5. The predicted octanol–water partition coefficient (Wildman–Crippen LogP) is 2.46. The second-order valence-electron chi connectivity index (χ2n) is 4.26. The largest absolute Gasteiger partial charge is 0.438 e. The lowest BCUT2D eigenvalue weighted by Gasteiger charge is -2.13. The summed E-state index contributed by atoms with van der Waals surface area (Å²) in [7, 11) is 0. The number of rotatable bonds is 5. The first kappa shape index (κ1) is 13.5. The van der Waals surface area contributed by atoms with Gasteiger partial charge in [0.2, 0.25) is 5.88 Å². The van der Waals surface area contributed by atoms with Crippen molar-refractivity contribution in [2.45, 2.75) is 19.4 Å². The fraction of sp³-hybridized carbons (Fsp3) is 0.267. The van der Waals surface area contributed by atoms with Crippen LogP contribution in [0.25, 0.3) is 0 Å². The van der Waals surface area contributed by atoms with Crippen molar-refractivity contribution in [1.82, 2.24) is 4.98 Å². The van der Waals surface area contributed by atoms with Gasteiger partial charge in [-0.1, -0.05) is 18.2 Å². The number of hydrogen-bond donors (Lipinski definition) is 2. The van der Waals surface area contributed by atoms with Crippen molar-refractivity contribution in [3.63, 3.8) is 0 Å². The van der Waals surface area contributed by atoms with Crippen molar-refractivity contribution in [2.75, 3.05) is 6.61 Å². The van der Waals surface area contributed by atoms with E-state index in [0.29, 0.717) is 23.6 Å². The molecule has 0 fully saturated rings. The van der Waals surface area contributed by atoms with Gasteiger partial charge in [0.05, 0.1) is 6.10 Å². The highest BCUT2D eigenvalue weighted by molar-refractivity contribution is 5.38. The molecule has 0 amide bonds. The number of aromatic nitrogens is 1. The van der Waals surface area contributed by atoms with Gasteiger partial charge in [0.15, 0.2) is 0 Å². The second-order valence-corrected chi connectivity index (χ2v) is 4.26. The van der Waals surface area contributed by atoms with Gasteiger partial charge in [-0.2, -0.15) is 0 Å². The van der Waals surface area contributed by atoms with Gasteiger partial charge in [-0.25, -0.2) is 4.98 Å². The van der Waals surface area contributed by atoms with E-state index in [0.717, 1.165) is 5.56 Å². The third kappa shape index (κ3) is 3.30. The molecule has 19 heavy (non-hydrogen) atoms. The summed E-state index contributed by atoms with van der Waals surface area (Å²) in [6, 6.07) is 11.0. The smallest absolute Gasteiger partial charge is 0.225 e. The molecule has 0 aliphatic heterocycles. The zero-order valence-corrected chi connectivity index (χ0v) is 10.8. The molecule has 1 atom stereocenters. The molecule has 0 spiro atoms. The number of benzene rings is 1. The Morgan fingerprint density at radius 3 is 2.74 bits per heavy atom. The summed E-state index contributed by atoms with van der Waals surface area (Å²) in [6.07, 6.45) is 1.50. The molecular weight excluding hydrogens is 242 g/mol. The van der Waals surface area contributed by atoms with Gasteiger partial charge in [0.25, 0.3) is 0 Å². The lowest BCUT2D eigenvalue weighted by atomic mass is 10.1. The minimum atomic E-state index is -0.645. The van der Waals surface area contributed by atoms with Crippen LogP contribution in [-0.2, 0) is 6.42 Å². The molecule has 0 unspecified atom stereocenters. The van der Waals surface area contributed by atoms with E-state index < -0.39 is 6.10 Å². The molecule has 2 rings (SSSR count). The molecule has 0 aliphatic carbocycles. The Morgan fingerprint density at radius 2 is 2.00 bits per heavy atom. The van der Waals surface area contributed by atoms with E-state index in [1.54, 1.807) is 25.3 Å². The average Bonchev–Trinajstić information content (AvgIpc) is 2.42. The monoisotopic (exact) mass is 259 g/mol. The molecule has 4 heteroatoms. The predicted molar refractivity (Wildman–Crippen MR) is 72.2 cm³/mol. The summed E-state index contributed by atoms with van der Waals surface area (Å²) in [6.45, 7) is 1.73. The number of hydrogen-bond acceptors (Lipinski definition) is 4. The van der Waals surface area contributed by atoms with Crippen molar-refractivity contribution < 1.29 is 14.9 Å². The summed E-state index contributed by atoms with van der Waals surface area (Å²) in [5, 5.41) is 18.7. The highest BCUT2D eigenvalue weighted by Gasteiger charge is 2.12. The van der Waals surface area contributed by atoms with Gasteiger partial charge >= 0.3 is 0 Å². The Bertz CT molecular complexity index is 540. The third-order valence-electron chi connectivity index (χ3n) is 2.81. The Morgan fingerprint density at radius 1 is 1.21 bits per heavy atom. The molecule has 1 aromatic carbocycles. The molecule has 4 nitrogen and oxygen atoms in total. The lowest BCUT2D eigenvalue weighted by molar-refractivity contribution is 0.194. The van der Waals surface area contributed by atoms with Crippen LogP contribution in [0, 0.1) is 0 Å². The van der Waals surface area contributed by atoms with E-state index >= 15 is 0 Å². The Hall–Kier alpha value is -1.91. The molecule has 0 aliphatic rings. The first-order valence-corrected chi connectivity index (χ1v) is 6.22. The molecule has 0 saturated heterocycles. The molecule has 1 heterocycles. The summed E-state index contributed by atoms with van der Waals surface area (Å²) >= 11 is 0. The minimum Gasteiger partial charge on any atom is -0.438 e. The number of aliphatic hydroxyl groups excluding tert-OH is 2. The second kappa shape index (κ2) is 6.31.